The number of ether oxygens (including phenoxy) is 1. The molecule has 1 saturated heterocycles. The molecule has 5 nitrogen and oxygen atoms in total. The van der Waals surface area contributed by atoms with Gasteiger partial charge in [0.1, 0.15) is 23.9 Å². The van der Waals surface area contributed by atoms with Crippen LogP contribution < -0.4 is 4.74 Å². The van der Waals surface area contributed by atoms with E-state index in [0.29, 0.717) is 6.54 Å². The zero-order chi connectivity index (χ0) is 24.2. The standard InChI is InChI=1S/C30H34N2O3.CH4/c1-22-28-20-26(34)12-15-29(28)32(30(22)24-8-10-25(33)11-9-24)21-23-6-13-27(14-7-23)35-19-18-31-16-4-2-3-5-17-31;/h6-15,20,33-34H,2-5,16-19,21H2,1H3;1H4. The van der Waals surface area contributed by atoms with Gasteiger partial charge in [-0.25, -0.2) is 0 Å². The highest BCUT2D eigenvalue weighted by Crippen LogP contribution is 2.36. The van der Waals surface area contributed by atoms with Crippen LogP contribution in [-0.2, 0) is 6.54 Å². The molecule has 4 aromatic rings. The summed E-state index contributed by atoms with van der Waals surface area (Å²) in [4.78, 5) is 2.52. The van der Waals surface area contributed by atoms with Gasteiger partial charge in [-0.15, -0.1) is 0 Å². The first-order valence-corrected chi connectivity index (χ1v) is 12.6. The van der Waals surface area contributed by atoms with E-state index < -0.39 is 0 Å². The van der Waals surface area contributed by atoms with Crippen LogP contribution in [0.25, 0.3) is 22.2 Å². The summed E-state index contributed by atoms with van der Waals surface area (Å²) in [6.45, 7) is 6.86. The van der Waals surface area contributed by atoms with Gasteiger partial charge in [-0.05, 0) is 104 Å². The molecule has 3 aromatic carbocycles. The van der Waals surface area contributed by atoms with Crippen molar-refractivity contribution in [3.63, 3.8) is 0 Å². The van der Waals surface area contributed by atoms with Gasteiger partial charge in [0.15, 0.2) is 0 Å². The van der Waals surface area contributed by atoms with Crippen LogP contribution in [0.1, 0.15) is 44.2 Å². The number of likely N-dealkylation sites (tertiary alicyclic amines) is 1. The first kappa shape index (κ1) is 25.6. The molecule has 0 saturated carbocycles. The number of aromatic hydroxyl groups is 2. The van der Waals surface area contributed by atoms with Crippen molar-refractivity contribution in [1.29, 1.82) is 0 Å². The predicted molar refractivity (Wildman–Crippen MR) is 148 cm³/mol. The Kier molecular flexibility index (Phi) is 8.21. The average Bonchev–Trinajstić information content (AvgIpc) is 3.01. The molecule has 1 aromatic heterocycles. The maximum atomic E-state index is 10.1. The van der Waals surface area contributed by atoms with Gasteiger partial charge in [-0.2, -0.15) is 0 Å². The normalized spacial score (nSPS) is 14.4. The third kappa shape index (κ3) is 5.68. The van der Waals surface area contributed by atoms with Crippen molar-refractivity contribution < 1.29 is 14.9 Å². The SMILES string of the molecule is C.Cc1c(-c2ccc(O)cc2)n(Cc2ccc(OCCN3CCCCCC3)cc2)c2ccc(O)cc12. The Bertz CT molecular complexity index is 1270. The third-order valence-electron chi connectivity index (χ3n) is 7.08. The molecule has 0 bridgehead atoms. The van der Waals surface area contributed by atoms with Gasteiger partial charge in [0.25, 0.3) is 0 Å². The zero-order valence-electron chi connectivity index (χ0n) is 20.4. The molecule has 1 aliphatic heterocycles. The number of fused-ring (bicyclic) bond motifs is 1. The average molecular weight is 487 g/mol. The van der Waals surface area contributed by atoms with Gasteiger partial charge < -0.3 is 19.5 Å². The van der Waals surface area contributed by atoms with Gasteiger partial charge in [-0.3, -0.25) is 4.90 Å². The molecule has 0 spiro atoms. The van der Waals surface area contributed by atoms with E-state index in [1.165, 1.54) is 44.3 Å². The summed E-state index contributed by atoms with van der Waals surface area (Å²) < 4.78 is 8.33. The van der Waals surface area contributed by atoms with Crippen LogP contribution in [-0.4, -0.2) is 45.9 Å². The first-order chi connectivity index (χ1) is 17.1. The number of hydrogen-bond acceptors (Lipinski definition) is 4. The van der Waals surface area contributed by atoms with E-state index in [-0.39, 0.29) is 18.9 Å². The fourth-order valence-corrected chi connectivity index (χ4v) is 5.19. The van der Waals surface area contributed by atoms with E-state index in [1.54, 1.807) is 18.2 Å². The minimum Gasteiger partial charge on any atom is -0.508 e. The fraction of sp³-hybridized carbons (Fsp3) is 0.355. The maximum Gasteiger partial charge on any atom is 0.119 e. The second-order valence-electron chi connectivity index (χ2n) is 9.56. The number of phenolic OH excluding ortho intramolecular Hbond substituents is 2. The van der Waals surface area contributed by atoms with Crippen LogP contribution in [0.4, 0.5) is 0 Å². The number of nitrogens with zero attached hydrogens (tertiary/aromatic N) is 2. The fourth-order valence-electron chi connectivity index (χ4n) is 5.19. The summed E-state index contributed by atoms with van der Waals surface area (Å²) in [7, 11) is 0. The summed E-state index contributed by atoms with van der Waals surface area (Å²) in [6, 6.07) is 21.2. The minimum absolute atomic E-state index is 0. The highest BCUT2D eigenvalue weighted by atomic mass is 16.5. The Hall–Kier alpha value is -3.44. The van der Waals surface area contributed by atoms with Crippen molar-refractivity contribution in [1.82, 2.24) is 9.47 Å². The zero-order valence-corrected chi connectivity index (χ0v) is 20.4. The Morgan fingerprint density at radius 3 is 2.17 bits per heavy atom. The van der Waals surface area contributed by atoms with Crippen LogP contribution >= 0.6 is 0 Å². The molecule has 0 atom stereocenters. The predicted octanol–water partition coefficient (Wildman–Crippen LogP) is 6.97. The molecule has 36 heavy (non-hydrogen) atoms. The van der Waals surface area contributed by atoms with E-state index >= 15 is 0 Å². The summed E-state index contributed by atoms with van der Waals surface area (Å²) in [5.74, 6) is 1.41. The molecule has 5 rings (SSSR count). The molecule has 1 fully saturated rings. The molecule has 0 radical (unpaired) electrons. The molecule has 0 amide bonds. The lowest BCUT2D eigenvalue weighted by Crippen LogP contribution is -2.29. The Balaban J connectivity index is 0.00000304. The lowest BCUT2D eigenvalue weighted by molar-refractivity contribution is 0.214. The highest BCUT2D eigenvalue weighted by Gasteiger charge is 2.17. The van der Waals surface area contributed by atoms with E-state index in [0.717, 1.165) is 46.6 Å². The molecule has 190 valence electrons. The molecule has 1 aliphatic rings. The van der Waals surface area contributed by atoms with Crippen LogP contribution in [0.3, 0.4) is 0 Å². The highest BCUT2D eigenvalue weighted by molar-refractivity contribution is 5.92. The van der Waals surface area contributed by atoms with Crippen molar-refractivity contribution >= 4 is 10.9 Å². The second-order valence-corrected chi connectivity index (χ2v) is 9.56. The smallest absolute Gasteiger partial charge is 0.119 e. The van der Waals surface area contributed by atoms with Crippen molar-refractivity contribution in [2.75, 3.05) is 26.2 Å². The third-order valence-corrected chi connectivity index (χ3v) is 7.08. The molecule has 0 aliphatic carbocycles. The van der Waals surface area contributed by atoms with Crippen LogP contribution in [0.15, 0.2) is 66.7 Å². The molecule has 2 N–H and O–H groups in total. The first-order valence-electron chi connectivity index (χ1n) is 12.6. The number of aryl methyl sites for hydroxylation is 1. The second kappa shape index (κ2) is 11.5. The minimum atomic E-state index is 0. The molecule has 2 heterocycles. The van der Waals surface area contributed by atoms with Crippen molar-refractivity contribution in [3.05, 3.63) is 77.9 Å². The molecular weight excluding hydrogens is 448 g/mol. The number of aromatic nitrogens is 1. The van der Waals surface area contributed by atoms with E-state index in [4.69, 9.17) is 4.74 Å². The lowest BCUT2D eigenvalue weighted by atomic mass is 10.1. The number of rotatable bonds is 7. The van der Waals surface area contributed by atoms with Gasteiger partial charge in [0.2, 0.25) is 0 Å². The van der Waals surface area contributed by atoms with Crippen molar-refractivity contribution in [3.8, 4) is 28.5 Å². The molecule has 0 unspecified atom stereocenters. The Morgan fingerprint density at radius 1 is 0.806 bits per heavy atom. The van der Waals surface area contributed by atoms with Crippen molar-refractivity contribution in [2.24, 2.45) is 0 Å². The number of phenols is 2. The van der Waals surface area contributed by atoms with Crippen LogP contribution in [0, 0.1) is 6.92 Å². The summed E-state index contributed by atoms with van der Waals surface area (Å²) in [6.07, 6.45) is 5.30. The maximum absolute atomic E-state index is 10.1. The summed E-state index contributed by atoms with van der Waals surface area (Å²) in [5, 5.41) is 20.9. The van der Waals surface area contributed by atoms with Gasteiger partial charge in [0.05, 0.1) is 5.69 Å². The Labute approximate surface area is 214 Å². The topological polar surface area (TPSA) is 57.9 Å². The summed E-state index contributed by atoms with van der Waals surface area (Å²) >= 11 is 0. The van der Waals surface area contributed by atoms with Gasteiger partial charge >= 0.3 is 0 Å². The number of hydrogen-bond donors (Lipinski definition) is 2. The van der Waals surface area contributed by atoms with Gasteiger partial charge in [-0.1, -0.05) is 32.4 Å². The van der Waals surface area contributed by atoms with Crippen molar-refractivity contribution in [2.45, 2.75) is 46.6 Å². The molecular formula is C31H38N2O3. The number of benzene rings is 3. The van der Waals surface area contributed by atoms with E-state index in [9.17, 15) is 10.2 Å². The van der Waals surface area contributed by atoms with E-state index in [1.807, 2.05) is 24.3 Å². The Morgan fingerprint density at radius 2 is 1.47 bits per heavy atom. The lowest BCUT2D eigenvalue weighted by Gasteiger charge is -2.19. The van der Waals surface area contributed by atoms with E-state index in [2.05, 4.69) is 40.7 Å². The summed E-state index contributed by atoms with van der Waals surface area (Å²) in [5.41, 5.74) is 5.47. The molecule has 5 heteroatoms. The quantitative estimate of drug-likeness (QED) is 0.296. The van der Waals surface area contributed by atoms with Gasteiger partial charge in [0, 0.05) is 24.0 Å². The largest absolute Gasteiger partial charge is 0.508 e. The monoisotopic (exact) mass is 486 g/mol. The van der Waals surface area contributed by atoms with Crippen LogP contribution in [0.5, 0.6) is 17.2 Å². The van der Waals surface area contributed by atoms with Crippen LogP contribution in [0.2, 0.25) is 0 Å².